The van der Waals surface area contributed by atoms with Crippen molar-refractivity contribution in [2.75, 3.05) is 19.5 Å². The van der Waals surface area contributed by atoms with Gasteiger partial charge in [-0.3, -0.25) is 9.59 Å². The molecule has 0 radical (unpaired) electrons. The maximum atomic E-state index is 12.5. The van der Waals surface area contributed by atoms with E-state index in [1.165, 1.54) is 20.4 Å². The summed E-state index contributed by atoms with van der Waals surface area (Å²) in [6, 6.07) is 9.92. The fourth-order valence-electron chi connectivity index (χ4n) is 2.51. The number of Topliss-reactive ketones (excluding diaryl/α,β-unsaturated/α-hetero) is 1. The van der Waals surface area contributed by atoms with Crippen LogP contribution in [0.4, 0.5) is 5.69 Å². The topological polar surface area (TPSA) is 80.4 Å². The molecule has 0 atom stereocenters. The van der Waals surface area contributed by atoms with Gasteiger partial charge in [0.25, 0.3) is 11.7 Å². The third-order valence-corrected chi connectivity index (χ3v) is 3.97. The van der Waals surface area contributed by atoms with Crippen LogP contribution in [0.25, 0.3) is 10.9 Å². The van der Waals surface area contributed by atoms with Crippen LogP contribution in [-0.2, 0) is 4.79 Å². The van der Waals surface area contributed by atoms with Gasteiger partial charge in [0.1, 0.15) is 0 Å². The van der Waals surface area contributed by atoms with Gasteiger partial charge in [-0.2, -0.15) is 0 Å². The lowest BCUT2D eigenvalue weighted by atomic mass is 10.1. The SMILES string of the molecule is COc1ccc(NC(=O)C(=O)c2c[nH]c3cc(Cl)ccc23)cc1OC. The number of rotatable bonds is 5. The van der Waals surface area contributed by atoms with Gasteiger partial charge in [-0.05, 0) is 24.3 Å². The molecule has 0 unspecified atom stereocenters. The number of nitrogens with one attached hydrogen (secondary N) is 2. The van der Waals surface area contributed by atoms with E-state index in [9.17, 15) is 9.59 Å². The summed E-state index contributed by atoms with van der Waals surface area (Å²) in [5.41, 5.74) is 1.40. The molecule has 0 bridgehead atoms. The van der Waals surface area contributed by atoms with Crippen LogP contribution in [0.15, 0.2) is 42.6 Å². The maximum Gasteiger partial charge on any atom is 0.296 e. The van der Waals surface area contributed by atoms with E-state index in [4.69, 9.17) is 21.1 Å². The highest BCUT2D eigenvalue weighted by atomic mass is 35.5. The minimum atomic E-state index is -0.747. The van der Waals surface area contributed by atoms with Gasteiger partial charge >= 0.3 is 0 Å². The van der Waals surface area contributed by atoms with E-state index in [1.54, 1.807) is 36.4 Å². The van der Waals surface area contributed by atoms with E-state index in [2.05, 4.69) is 10.3 Å². The number of aromatic nitrogens is 1. The van der Waals surface area contributed by atoms with E-state index < -0.39 is 11.7 Å². The standard InChI is InChI=1S/C18H15ClN2O4/c1-24-15-6-4-11(8-16(15)25-2)21-18(23)17(22)13-9-20-14-7-10(19)3-5-12(13)14/h3-9,20H,1-2H3,(H,21,23). The van der Waals surface area contributed by atoms with Crippen molar-refractivity contribution in [3.8, 4) is 11.5 Å². The van der Waals surface area contributed by atoms with Gasteiger partial charge in [0.05, 0.1) is 19.8 Å². The van der Waals surface area contributed by atoms with E-state index >= 15 is 0 Å². The Kier molecular flexibility index (Phi) is 4.63. The number of amides is 1. The normalized spacial score (nSPS) is 10.5. The Balaban J connectivity index is 1.84. The second-order valence-electron chi connectivity index (χ2n) is 5.25. The van der Waals surface area contributed by atoms with Crippen molar-refractivity contribution in [3.63, 3.8) is 0 Å². The van der Waals surface area contributed by atoms with E-state index in [-0.39, 0.29) is 5.56 Å². The number of ketones is 1. The Morgan fingerprint density at radius 2 is 1.80 bits per heavy atom. The number of H-pyrrole nitrogens is 1. The third-order valence-electron chi connectivity index (χ3n) is 3.74. The molecule has 0 aliphatic carbocycles. The van der Waals surface area contributed by atoms with Gasteiger partial charge in [-0.1, -0.05) is 17.7 Å². The lowest BCUT2D eigenvalue weighted by molar-refractivity contribution is -0.112. The first-order valence-corrected chi connectivity index (χ1v) is 7.75. The molecule has 1 aromatic heterocycles. The van der Waals surface area contributed by atoms with Gasteiger partial charge in [-0.25, -0.2) is 0 Å². The average molecular weight is 359 g/mol. The minimum absolute atomic E-state index is 0.282. The fourth-order valence-corrected chi connectivity index (χ4v) is 2.68. The third kappa shape index (κ3) is 3.29. The molecule has 0 fully saturated rings. The lowest BCUT2D eigenvalue weighted by Gasteiger charge is -2.10. The average Bonchev–Trinajstić information content (AvgIpc) is 3.03. The van der Waals surface area contributed by atoms with Crippen molar-refractivity contribution in [3.05, 3.63) is 53.2 Å². The second kappa shape index (κ2) is 6.86. The zero-order valence-electron chi connectivity index (χ0n) is 13.6. The van der Waals surface area contributed by atoms with Gasteiger partial charge in [0.2, 0.25) is 0 Å². The molecule has 0 saturated carbocycles. The number of anilines is 1. The van der Waals surface area contributed by atoms with Crippen molar-refractivity contribution in [1.29, 1.82) is 0 Å². The Morgan fingerprint density at radius 3 is 2.52 bits per heavy atom. The van der Waals surface area contributed by atoms with Crippen LogP contribution >= 0.6 is 11.6 Å². The largest absolute Gasteiger partial charge is 0.493 e. The Morgan fingerprint density at radius 1 is 1.04 bits per heavy atom. The zero-order chi connectivity index (χ0) is 18.0. The predicted molar refractivity (Wildman–Crippen MR) is 95.8 cm³/mol. The Bertz CT molecular complexity index is 965. The monoisotopic (exact) mass is 358 g/mol. The van der Waals surface area contributed by atoms with Crippen LogP contribution in [0.1, 0.15) is 10.4 Å². The molecule has 128 valence electrons. The molecule has 6 nitrogen and oxygen atoms in total. The first kappa shape index (κ1) is 16.9. The summed E-state index contributed by atoms with van der Waals surface area (Å²) in [7, 11) is 3.01. The summed E-state index contributed by atoms with van der Waals surface area (Å²) in [5, 5.41) is 3.75. The summed E-state index contributed by atoms with van der Waals surface area (Å²) < 4.78 is 10.3. The fraction of sp³-hybridized carbons (Fsp3) is 0.111. The number of benzene rings is 2. The Labute approximate surface area is 148 Å². The van der Waals surface area contributed by atoms with Crippen LogP contribution in [0.3, 0.4) is 0 Å². The first-order valence-electron chi connectivity index (χ1n) is 7.38. The van der Waals surface area contributed by atoms with Gasteiger partial charge in [-0.15, -0.1) is 0 Å². The molecule has 0 aliphatic heterocycles. The molecule has 0 saturated heterocycles. The van der Waals surface area contributed by atoms with E-state index in [0.717, 1.165) is 0 Å². The van der Waals surface area contributed by atoms with Gasteiger partial charge < -0.3 is 19.8 Å². The number of methoxy groups -OCH3 is 2. The Hall–Kier alpha value is -2.99. The lowest BCUT2D eigenvalue weighted by Crippen LogP contribution is -2.22. The molecule has 0 spiro atoms. The van der Waals surface area contributed by atoms with Crippen LogP contribution in [0.5, 0.6) is 11.5 Å². The molecule has 25 heavy (non-hydrogen) atoms. The van der Waals surface area contributed by atoms with Crippen molar-refractivity contribution in [2.45, 2.75) is 0 Å². The summed E-state index contributed by atoms with van der Waals surface area (Å²) in [6.07, 6.45) is 1.50. The number of carbonyl (C=O) groups excluding carboxylic acids is 2. The van der Waals surface area contributed by atoms with Crippen LogP contribution in [0, 0.1) is 0 Å². The molecular weight excluding hydrogens is 344 g/mol. The molecule has 3 rings (SSSR count). The highest BCUT2D eigenvalue weighted by Crippen LogP contribution is 2.30. The molecule has 7 heteroatoms. The summed E-state index contributed by atoms with van der Waals surface area (Å²) in [5.74, 6) is -0.416. The van der Waals surface area contributed by atoms with Crippen molar-refractivity contribution in [2.24, 2.45) is 0 Å². The van der Waals surface area contributed by atoms with Crippen LogP contribution < -0.4 is 14.8 Å². The minimum Gasteiger partial charge on any atom is -0.493 e. The predicted octanol–water partition coefficient (Wildman–Crippen LogP) is 3.66. The molecule has 0 aliphatic rings. The summed E-state index contributed by atoms with van der Waals surface area (Å²) in [4.78, 5) is 27.7. The van der Waals surface area contributed by atoms with Crippen molar-refractivity contribution >= 4 is 39.9 Å². The summed E-state index contributed by atoms with van der Waals surface area (Å²) >= 11 is 5.92. The first-order chi connectivity index (χ1) is 12.0. The number of halogens is 1. The maximum absolute atomic E-state index is 12.5. The molecular formula is C18H15ClN2O4. The number of aromatic amines is 1. The number of hydrogen-bond donors (Lipinski definition) is 2. The number of carbonyl (C=O) groups is 2. The number of fused-ring (bicyclic) bond motifs is 1. The molecule has 1 amide bonds. The van der Waals surface area contributed by atoms with Gasteiger partial charge in [0, 0.05) is 33.9 Å². The highest BCUT2D eigenvalue weighted by molar-refractivity contribution is 6.48. The second-order valence-corrected chi connectivity index (χ2v) is 5.68. The van der Waals surface area contributed by atoms with Crippen molar-refractivity contribution in [1.82, 2.24) is 4.98 Å². The summed E-state index contributed by atoms with van der Waals surface area (Å²) in [6.45, 7) is 0. The number of ether oxygens (including phenoxy) is 2. The van der Waals surface area contributed by atoms with E-state index in [1.807, 2.05) is 0 Å². The van der Waals surface area contributed by atoms with Gasteiger partial charge in [0.15, 0.2) is 11.5 Å². The smallest absolute Gasteiger partial charge is 0.296 e. The molecule has 2 aromatic carbocycles. The number of hydrogen-bond acceptors (Lipinski definition) is 4. The highest BCUT2D eigenvalue weighted by Gasteiger charge is 2.20. The molecule has 3 aromatic rings. The quantitative estimate of drug-likeness (QED) is 0.538. The van der Waals surface area contributed by atoms with Crippen molar-refractivity contribution < 1.29 is 19.1 Å². The zero-order valence-corrected chi connectivity index (χ0v) is 14.3. The molecule has 2 N–H and O–H groups in total. The van der Waals surface area contributed by atoms with E-state index in [0.29, 0.717) is 33.1 Å². The molecule has 1 heterocycles. The van der Waals surface area contributed by atoms with Crippen LogP contribution in [-0.4, -0.2) is 30.9 Å². The van der Waals surface area contributed by atoms with Crippen LogP contribution in [0.2, 0.25) is 5.02 Å².